The Morgan fingerprint density at radius 2 is 2.08 bits per heavy atom. The van der Waals surface area contributed by atoms with Crippen LogP contribution in [-0.4, -0.2) is 37.6 Å². The first kappa shape index (κ1) is 19.0. The Hall–Kier alpha value is -1.37. The topological polar surface area (TPSA) is 35.5 Å². The third kappa shape index (κ3) is 6.26. The van der Waals surface area contributed by atoms with E-state index >= 15 is 0 Å². The zero-order valence-corrected chi connectivity index (χ0v) is 15.9. The number of hydrogen-bond acceptors (Lipinski definition) is 3. The van der Waals surface area contributed by atoms with Crippen molar-refractivity contribution >= 4 is 24.1 Å². The van der Waals surface area contributed by atoms with Gasteiger partial charge in [0.15, 0.2) is 0 Å². The molecule has 1 aromatic rings. The van der Waals surface area contributed by atoms with Crippen molar-refractivity contribution in [2.24, 2.45) is 0 Å². The molecule has 0 amide bonds. The van der Waals surface area contributed by atoms with Crippen molar-refractivity contribution in [2.45, 2.75) is 57.5 Å². The van der Waals surface area contributed by atoms with Crippen molar-refractivity contribution in [3.8, 4) is 12.3 Å². The summed E-state index contributed by atoms with van der Waals surface area (Å²) < 4.78 is 13.3. The first-order chi connectivity index (χ1) is 11.5. The van der Waals surface area contributed by atoms with E-state index < -0.39 is 5.79 Å². The zero-order chi connectivity index (χ0) is 17.4. The Morgan fingerprint density at radius 1 is 1.33 bits per heavy atom. The summed E-state index contributed by atoms with van der Waals surface area (Å²) in [6.07, 6.45) is 11.9. The summed E-state index contributed by atoms with van der Waals surface area (Å²) in [6.45, 7) is 3.82. The Labute approximate surface area is 151 Å². The predicted molar refractivity (Wildman–Crippen MR) is 97.1 cm³/mol. The van der Waals surface area contributed by atoms with Gasteiger partial charge in [-0.2, -0.15) is 0 Å². The van der Waals surface area contributed by atoms with Gasteiger partial charge in [-0.1, -0.05) is 0 Å². The van der Waals surface area contributed by atoms with Gasteiger partial charge in [0.25, 0.3) is 0 Å². The minimum atomic E-state index is -0.612. The number of hydrogen-bond donors (Lipinski definition) is 0. The molecule has 4 heteroatoms. The molecule has 0 N–H and O–H groups in total. The predicted octanol–water partition coefficient (Wildman–Crippen LogP) is 2.81. The number of ether oxygens (including phenoxy) is 2. The molecule has 2 rings (SSSR count). The summed E-state index contributed by atoms with van der Waals surface area (Å²) in [5, 5.41) is 0. The second-order valence-corrected chi connectivity index (χ2v) is 8.51. The first-order valence-electron chi connectivity index (χ1n) is 8.21. The summed E-state index contributed by atoms with van der Waals surface area (Å²) in [7, 11) is 0. The van der Waals surface area contributed by atoms with Gasteiger partial charge in [0.2, 0.25) is 0 Å². The van der Waals surface area contributed by atoms with Crippen LogP contribution in [0.2, 0.25) is 0 Å². The Balaban J connectivity index is 1.85. The molecule has 0 aliphatic carbocycles. The summed E-state index contributed by atoms with van der Waals surface area (Å²) >= 11 is -0.131. The van der Waals surface area contributed by atoms with Crippen molar-refractivity contribution in [2.75, 3.05) is 0 Å². The van der Waals surface area contributed by atoms with E-state index in [4.69, 9.17) is 15.9 Å². The maximum atomic E-state index is 12.2. The van der Waals surface area contributed by atoms with Crippen LogP contribution in [0.3, 0.4) is 0 Å². The van der Waals surface area contributed by atoms with Crippen LogP contribution < -0.4 is 4.46 Å². The van der Waals surface area contributed by atoms with Gasteiger partial charge < -0.3 is 0 Å². The molecule has 24 heavy (non-hydrogen) atoms. The second kappa shape index (κ2) is 9.20. The molecule has 3 nitrogen and oxygen atoms in total. The van der Waals surface area contributed by atoms with Crippen molar-refractivity contribution < 1.29 is 14.3 Å². The number of unbranched alkanes of at least 4 members (excludes halogenated alkanes) is 1. The summed E-state index contributed by atoms with van der Waals surface area (Å²) in [4.78, 5) is 12.2. The molecule has 1 aliphatic rings. The van der Waals surface area contributed by atoms with Crippen LogP contribution in [0, 0.1) is 12.3 Å². The average molecular weight is 391 g/mol. The SMILES string of the molecule is C#CCC/C=C/[C@@H]1OC(C)(C)O[C@@H]1CCC(=O)[Se]c1ccccc1. The number of allylic oxidation sites excluding steroid dienone is 1. The zero-order valence-electron chi connectivity index (χ0n) is 14.2. The molecular formula is C20H24O3Se. The first-order valence-corrected chi connectivity index (χ1v) is 9.93. The molecule has 128 valence electrons. The molecule has 1 fully saturated rings. The molecule has 1 aliphatic heterocycles. The van der Waals surface area contributed by atoms with Gasteiger partial charge in [0.1, 0.15) is 0 Å². The average Bonchev–Trinajstić information content (AvgIpc) is 2.85. The number of terminal acetylenes is 1. The molecule has 0 bridgehead atoms. The summed E-state index contributed by atoms with van der Waals surface area (Å²) in [5.41, 5.74) is 0. The quantitative estimate of drug-likeness (QED) is 0.296. The van der Waals surface area contributed by atoms with Gasteiger partial charge in [0, 0.05) is 0 Å². The van der Waals surface area contributed by atoms with Crippen LogP contribution in [0.25, 0.3) is 0 Å². The van der Waals surface area contributed by atoms with Crippen LogP contribution in [0.1, 0.15) is 39.5 Å². The van der Waals surface area contributed by atoms with Crippen LogP contribution >= 0.6 is 0 Å². The normalized spacial score (nSPS) is 22.5. The fourth-order valence-corrected chi connectivity index (χ4v) is 4.21. The number of rotatable bonds is 8. The van der Waals surface area contributed by atoms with Gasteiger partial charge in [-0.25, -0.2) is 0 Å². The molecular weight excluding hydrogens is 367 g/mol. The van der Waals surface area contributed by atoms with Crippen molar-refractivity contribution in [3.05, 3.63) is 42.5 Å². The van der Waals surface area contributed by atoms with E-state index in [0.29, 0.717) is 12.8 Å². The maximum absolute atomic E-state index is 12.2. The van der Waals surface area contributed by atoms with Gasteiger partial charge in [-0.3, -0.25) is 0 Å². The van der Waals surface area contributed by atoms with Crippen LogP contribution in [0.4, 0.5) is 0 Å². The number of carbonyl (C=O) groups excluding carboxylic acids is 1. The summed E-state index contributed by atoms with van der Waals surface area (Å²) in [5.74, 6) is 2.01. The van der Waals surface area contributed by atoms with E-state index in [2.05, 4.69) is 5.92 Å². The molecule has 0 aromatic heterocycles. The van der Waals surface area contributed by atoms with Gasteiger partial charge in [0.05, 0.1) is 0 Å². The van der Waals surface area contributed by atoms with E-state index in [9.17, 15) is 4.79 Å². The van der Waals surface area contributed by atoms with Crippen molar-refractivity contribution in [1.82, 2.24) is 0 Å². The van der Waals surface area contributed by atoms with E-state index in [1.54, 1.807) is 0 Å². The fourth-order valence-electron chi connectivity index (χ4n) is 2.58. The third-order valence-corrected chi connectivity index (χ3v) is 5.58. The number of benzene rings is 1. The van der Waals surface area contributed by atoms with Gasteiger partial charge in [-0.05, 0) is 0 Å². The van der Waals surface area contributed by atoms with Crippen LogP contribution in [-0.2, 0) is 14.3 Å². The molecule has 0 radical (unpaired) electrons. The van der Waals surface area contributed by atoms with Gasteiger partial charge in [-0.15, -0.1) is 0 Å². The molecule has 0 unspecified atom stereocenters. The minimum absolute atomic E-state index is 0.0855. The molecule has 0 spiro atoms. The van der Waals surface area contributed by atoms with Crippen molar-refractivity contribution in [3.63, 3.8) is 0 Å². The Bertz CT molecular complexity index is 601. The molecule has 0 saturated carbocycles. The van der Waals surface area contributed by atoms with Gasteiger partial charge >= 0.3 is 151 Å². The second-order valence-electron chi connectivity index (χ2n) is 6.14. The number of carbonyl (C=O) groups is 1. The molecule has 2 atom stereocenters. The van der Waals surface area contributed by atoms with Crippen molar-refractivity contribution in [1.29, 1.82) is 0 Å². The summed E-state index contributed by atoms with van der Waals surface area (Å²) in [6, 6.07) is 9.92. The third-order valence-electron chi connectivity index (χ3n) is 3.61. The fraction of sp³-hybridized carbons (Fsp3) is 0.450. The van der Waals surface area contributed by atoms with E-state index in [-0.39, 0.29) is 31.8 Å². The molecule has 1 heterocycles. The molecule has 1 saturated heterocycles. The molecule has 1 aromatic carbocycles. The van der Waals surface area contributed by atoms with E-state index in [1.165, 1.54) is 0 Å². The van der Waals surface area contributed by atoms with Crippen LogP contribution in [0.15, 0.2) is 42.5 Å². The standard InChI is InChI=1S/C20H24O3Se/c1-4-5-6-10-13-17-18(23-20(2,3)22-17)14-15-19(21)24-16-11-8-7-9-12-16/h1,7-13,17-18H,5-6,14-15H2,2-3H3/b13-10+/t17-,18+/m0/s1. The van der Waals surface area contributed by atoms with E-state index in [0.717, 1.165) is 17.3 Å². The monoisotopic (exact) mass is 392 g/mol. The Kier molecular flexibility index (Phi) is 7.27. The Morgan fingerprint density at radius 3 is 2.79 bits per heavy atom. The van der Waals surface area contributed by atoms with Crippen LogP contribution in [0.5, 0.6) is 0 Å². The van der Waals surface area contributed by atoms with E-state index in [1.807, 2.05) is 56.3 Å².